The third kappa shape index (κ3) is 3.81. The van der Waals surface area contributed by atoms with Crippen molar-refractivity contribution in [2.45, 2.75) is 11.8 Å². The molecule has 1 rings (SSSR count). The molecule has 0 aliphatic heterocycles. The van der Waals surface area contributed by atoms with E-state index in [1.54, 1.807) is 7.05 Å². The van der Waals surface area contributed by atoms with Crippen LogP contribution < -0.4 is 5.73 Å². The van der Waals surface area contributed by atoms with Crippen LogP contribution in [0.2, 0.25) is 0 Å². The average molecular weight is 258 g/mol. The largest absolute Gasteiger partial charge is 0.399 e. The molecule has 6 heteroatoms. The highest BCUT2D eigenvalue weighted by molar-refractivity contribution is 7.85. The van der Waals surface area contributed by atoms with E-state index in [0.717, 1.165) is 12.1 Å². The second kappa shape index (κ2) is 5.77. The summed E-state index contributed by atoms with van der Waals surface area (Å²) in [6.07, 6.45) is 0. The zero-order valence-electron chi connectivity index (χ0n) is 9.77. The molecular weight excluding hydrogens is 243 g/mol. The van der Waals surface area contributed by atoms with E-state index in [9.17, 15) is 13.4 Å². The molecule has 0 radical (unpaired) electrons. The maximum absolute atomic E-state index is 13.0. The van der Waals surface area contributed by atoms with Gasteiger partial charge in [-0.25, -0.2) is 4.39 Å². The summed E-state index contributed by atoms with van der Waals surface area (Å²) in [7, 11) is 0.0570. The van der Waals surface area contributed by atoms with Gasteiger partial charge in [-0.15, -0.1) is 0 Å². The number of nitrogens with two attached hydrogens (primary N) is 1. The average Bonchev–Trinajstić information content (AvgIpc) is 2.26. The molecule has 4 nitrogen and oxygen atoms in total. The molecule has 1 amide bonds. The summed E-state index contributed by atoms with van der Waals surface area (Å²) in [5.74, 6) is -0.953. The van der Waals surface area contributed by atoms with Crippen LogP contribution in [0.4, 0.5) is 10.1 Å². The fourth-order valence-corrected chi connectivity index (χ4v) is 2.32. The highest BCUT2D eigenvalue weighted by Gasteiger charge is 2.14. The zero-order valence-corrected chi connectivity index (χ0v) is 10.6. The molecule has 0 aliphatic carbocycles. The molecule has 0 saturated carbocycles. The van der Waals surface area contributed by atoms with E-state index in [2.05, 4.69) is 0 Å². The van der Waals surface area contributed by atoms with Gasteiger partial charge in [-0.3, -0.25) is 9.00 Å². The minimum absolute atomic E-state index is 0.159. The zero-order chi connectivity index (χ0) is 13.0. The Balaban J connectivity index is 2.80. The number of amides is 1. The van der Waals surface area contributed by atoms with Gasteiger partial charge < -0.3 is 10.6 Å². The summed E-state index contributed by atoms with van der Waals surface area (Å²) in [4.78, 5) is 13.2. The normalized spacial score (nSPS) is 12.2. The lowest BCUT2D eigenvalue weighted by molar-refractivity contribution is -0.126. The second-order valence-corrected chi connectivity index (χ2v) is 5.07. The Morgan fingerprint density at radius 1 is 1.47 bits per heavy atom. The van der Waals surface area contributed by atoms with E-state index in [1.165, 1.54) is 11.0 Å². The number of halogens is 1. The molecule has 0 heterocycles. The van der Waals surface area contributed by atoms with Crippen LogP contribution in [0.3, 0.4) is 0 Å². The van der Waals surface area contributed by atoms with Crippen LogP contribution in [-0.4, -0.2) is 34.4 Å². The highest BCUT2D eigenvalue weighted by Crippen LogP contribution is 2.14. The van der Waals surface area contributed by atoms with Gasteiger partial charge in [-0.05, 0) is 25.1 Å². The Morgan fingerprint density at radius 2 is 2.12 bits per heavy atom. The SMILES string of the molecule is CCN(C)C(=O)CS(=O)c1cc(N)cc(F)c1. The molecule has 1 aromatic rings. The molecule has 17 heavy (non-hydrogen) atoms. The number of hydrogen-bond acceptors (Lipinski definition) is 3. The Bertz CT molecular complexity index is 431. The van der Waals surface area contributed by atoms with Gasteiger partial charge in [0.05, 0.1) is 10.8 Å². The lowest BCUT2D eigenvalue weighted by Crippen LogP contribution is -2.30. The fourth-order valence-electron chi connectivity index (χ4n) is 1.20. The van der Waals surface area contributed by atoms with Crippen molar-refractivity contribution in [2.24, 2.45) is 0 Å². The van der Waals surface area contributed by atoms with Crippen molar-refractivity contribution in [1.29, 1.82) is 0 Å². The van der Waals surface area contributed by atoms with Crippen molar-refractivity contribution in [3.63, 3.8) is 0 Å². The predicted octanol–water partition coefficient (Wildman–Crippen LogP) is 0.994. The molecule has 0 spiro atoms. The van der Waals surface area contributed by atoms with Crippen LogP contribution in [0, 0.1) is 5.82 Å². The van der Waals surface area contributed by atoms with Crippen molar-refractivity contribution in [3.8, 4) is 0 Å². The van der Waals surface area contributed by atoms with Crippen LogP contribution in [0.1, 0.15) is 6.92 Å². The molecule has 2 N–H and O–H groups in total. The van der Waals surface area contributed by atoms with Crippen LogP contribution in [-0.2, 0) is 15.6 Å². The summed E-state index contributed by atoms with van der Waals surface area (Å²) in [5.41, 5.74) is 5.64. The first-order valence-corrected chi connectivity index (χ1v) is 6.44. The van der Waals surface area contributed by atoms with Gasteiger partial charge in [0.1, 0.15) is 11.6 Å². The van der Waals surface area contributed by atoms with Crippen molar-refractivity contribution in [1.82, 2.24) is 4.90 Å². The second-order valence-electron chi connectivity index (χ2n) is 3.62. The van der Waals surface area contributed by atoms with E-state index in [4.69, 9.17) is 5.73 Å². The van der Waals surface area contributed by atoms with Crippen LogP contribution in [0.25, 0.3) is 0 Å². The van der Waals surface area contributed by atoms with Crippen LogP contribution in [0.5, 0.6) is 0 Å². The molecule has 94 valence electrons. The topological polar surface area (TPSA) is 63.4 Å². The Hall–Kier alpha value is -1.43. The summed E-state index contributed by atoms with van der Waals surface area (Å²) in [6.45, 7) is 2.36. The van der Waals surface area contributed by atoms with Gasteiger partial charge in [-0.1, -0.05) is 0 Å². The summed E-state index contributed by atoms with van der Waals surface area (Å²) >= 11 is 0. The van der Waals surface area contributed by atoms with Gasteiger partial charge >= 0.3 is 0 Å². The molecular formula is C11H15FN2O2S. The number of carbonyl (C=O) groups excluding carboxylic acids is 1. The molecule has 0 fully saturated rings. The van der Waals surface area contributed by atoms with Crippen molar-refractivity contribution < 1.29 is 13.4 Å². The third-order valence-corrected chi connectivity index (χ3v) is 3.58. The lowest BCUT2D eigenvalue weighted by atomic mass is 10.3. The highest BCUT2D eigenvalue weighted by atomic mass is 32.2. The van der Waals surface area contributed by atoms with Crippen molar-refractivity contribution in [3.05, 3.63) is 24.0 Å². The Labute approximate surface area is 102 Å². The van der Waals surface area contributed by atoms with E-state index in [1.807, 2.05) is 6.92 Å². The van der Waals surface area contributed by atoms with E-state index < -0.39 is 16.6 Å². The Morgan fingerprint density at radius 3 is 2.65 bits per heavy atom. The minimum Gasteiger partial charge on any atom is -0.399 e. The first-order chi connectivity index (χ1) is 7.93. The number of nitrogens with zero attached hydrogens (tertiary/aromatic N) is 1. The Kier molecular flexibility index (Phi) is 4.62. The first-order valence-electron chi connectivity index (χ1n) is 5.12. The summed E-state index contributed by atoms with van der Waals surface area (Å²) in [6, 6.07) is 3.69. The smallest absolute Gasteiger partial charge is 0.235 e. The van der Waals surface area contributed by atoms with E-state index in [-0.39, 0.29) is 22.2 Å². The van der Waals surface area contributed by atoms with E-state index in [0.29, 0.717) is 6.54 Å². The molecule has 0 aliphatic rings. The minimum atomic E-state index is -1.57. The molecule has 1 aromatic carbocycles. The van der Waals surface area contributed by atoms with E-state index >= 15 is 0 Å². The molecule has 0 bridgehead atoms. The quantitative estimate of drug-likeness (QED) is 0.819. The molecule has 1 unspecified atom stereocenters. The number of nitrogen functional groups attached to an aromatic ring is 1. The number of benzene rings is 1. The van der Waals surface area contributed by atoms with Crippen LogP contribution in [0.15, 0.2) is 23.1 Å². The van der Waals surface area contributed by atoms with Crippen molar-refractivity contribution in [2.75, 3.05) is 25.1 Å². The maximum atomic E-state index is 13.0. The lowest BCUT2D eigenvalue weighted by Gasteiger charge is -2.13. The van der Waals surface area contributed by atoms with Crippen LogP contribution >= 0.6 is 0 Å². The standard InChI is InChI=1S/C11H15FN2O2S/c1-3-14(2)11(15)7-17(16)10-5-8(12)4-9(13)6-10/h4-6H,3,7,13H2,1-2H3. The van der Waals surface area contributed by atoms with Gasteiger partial charge in [0.15, 0.2) is 0 Å². The first kappa shape index (κ1) is 13.6. The molecule has 1 atom stereocenters. The van der Waals surface area contributed by atoms with Gasteiger partial charge in [-0.2, -0.15) is 0 Å². The number of hydrogen-bond donors (Lipinski definition) is 1. The van der Waals surface area contributed by atoms with Gasteiger partial charge in [0, 0.05) is 24.2 Å². The molecule has 0 aromatic heterocycles. The summed E-state index contributed by atoms with van der Waals surface area (Å²) < 4.78 is 24.9. The maximum Gasteiger partial charge on any atom is 0.235 e. The van der Waals surface area contributed by atoms with Gasteiger partial charge in [0.25, 0.3) is 0 Å². The fraction of sp³-hybridized carbons (Fsp3) is 0.364. The number of rotatable bonds is 4. The van der Waals surface area contributed by atoms with Crippen molar-refractivity contribution >= 4 is 22.4 Å². The monoisotopic (exact) mass is 258 g/mol. The molecule has 0 saturated heterocycles. The number of anilines is 1. The predicted molar refractivity (Wildman–Crippen MR) is 65.4 cm³/mol. The third-order valence-electron chi connectivity index (χ3n) is 2.31. The summed E-state index contributed by atoms with van der Waals surface area (Å²) in [5, 5.41) is 0. The van der Waals surface area contributed by atoms with Gasteiger partial charge in [0.2, 0.25) is 5.91 Å². The number of carbonyl (C=O) groups is 1.